The third-order valence-electron chi connectivity index (χ3n) is 1.61. The molecule has 4 nitrogen and oxygen atoms in total. The highest BCUT2D eigenvalue weighted by atomic mass is 127. The van der Waals surface area contributed by atoms with Crippen LogP contribution in [-0.2, 0) is 0 Å². The lowest BCUT2D eigenvalue weighted by molar-refractivity contribution is -0.387. The summed E-state index contributed by atoms with van der Waals surface area (Å²) in [5.74, 6) is -1.50. The molecule has 0 spiro atoms. The van der Waals surface area contributed by atoms with Gasteiger partial charge in [0.2, 0.25) is 5.82 Å². The van der Waals surface area contributed by atoms with Gasteiger partial charge >= 0.3 is 5.69 Å². The van der Waals surface area contributed by atoms with E-state index in [1.807, 2.05) is 0 Å². The lowest BCUT2D eigenvalue weighted by atomic mass is 10.1. The molecule has 0 unspecified atom stereocenters. The van der Waals surface area contributed by atoms with E-state index in [1.165, 1.54) is 13.0 Å². The van der Waals surface area contributed by atoms with Crippen LogP contribution in [0.15, 0.2) is 12.1 Å². The van der Waals surface area contributed by atoms with E-state index in [2.05, 4.69) is 0 Å². The van der Waals surface area contributed by atoms with Gasteiger partial charge in [0.15, 0.2) is 5.78 Å². The Morgan fingerprint density at radius 1 is 1.57 bits per heavy atom. The summed E-state index contributed by atoms with van der Waals surface area (Å²) >= 11 is 1.76. The van der Waals surface area contributed by atoms with E-state index in [0.717, 1.165) is 6.07 Å². The Balaban J connectivity index is 3.58. The van der Waals surface area contributed by atoms with Crippen molar-refractivity contribution in [1.29, 1.82) is 0 Å². The number of hydrogen-bond acceptors (Lipinski definition) is 3. The minimum Gasteiger partial charge on any atom is -0.294 e. The maximum absolute atomic E-state index is 13.0. The number of ketones is 1. The molecule has 0 aromatic heterocycles. The number of nitro benzene ring substituents is 1. The third kappa shape index (κ3) is 1.89. The lowest BCUT2D eigenvalue weighted by Gasteiger charge is -2.02. The zero-order valence-electron chi connectivity index (χ0n) is 7.08. The first-order chi connectivity index (χ1) is 6.45. The topological polar surface area (TPSA) is 60.2 Å². The molecule has 74 valence electrons. The van der Waals surface area contributed by atoms with Gasteiger partial charge in [-0.25, -0.2) is 0 Å². The molecule has 0 saturated carbocycles. The van der Waals surface area contributed by atoms with E-state index in [0.29, 0.717) is 3.57 Å². The molecule has 0 aliphatic heterocycles. The second-order valence-electron chi connectivity index (χ2n) is 2.57. The number of benzene rings is 1. The van der Waals surface area contributed by atoms with Crippen molar-refractivity contribution < 1.29 is 14.1 Å². The fourth-order valence-electron chi connectivity index (χ4n) is 1.05. The molecule has 0 heterocycles. The number of hydrogen-bond donors (Lipinski definition) is 0. The standard InChI is InChI=1S/C8H5FINO3/c1-4(12)7-6(10)3-2-5(9)8(7)11(13)14/h2-3H,1H3. The van der Waals surface area contributed by atoms with Crippen LogP contribution in [0.4, 0.5) is 10.1 Å². The fourth-order valence-corrected chi connectivity index (χ4v) is 1.87. The van der Waals surface area contributed by atoms with E-state index in [4.69, 9.17) is 0 Å². The predicted octanol–water partition coefficient (Wildman–Crippen LogP) is 2.54. The van der Waals surface area contributed by atoms with Crippen LogP contribution in [0.5, 0.6) is 0 Å². The summed E-state index contributed by atoms with van der Waals surface area (Å²) in [6, 6.07) is 2.31. The Kier molecular flexibility index (Phi) is 3.14. The summed E-state index contributed by atoms with van der Waals surface area (Å²) in [7, 11) is 0. The van der Waals surface area contributed by atoms with Crippen molar-refractivity contribution in [3.8, 4) is 0 Å². The van der Waals surface area contributed by atoms with Crippen molar-refractivity contribution in [3.05, 3.63) is 37.2 Å². The number of carbonyl (C=O) groups is 1. The molecule has 0 aliphatic rings. The highest BCUT2D eigenvalue weighted by Crippen LogP contribution is 2.27. The molecule has 0 bridgehead atoms. The van der Waals surface area contributed by atoms with E-state index < -0.39 is 22.2 Å². The minimum atomic E-state index is -0.986. The first-order valence-electron chi connectivity index (χ1n) is 3.58. The van der Waals surface area contributed by atoms with E-state index in [1.54, 1.807) is 22.6 Å². The monoisotopic (exact) mass is 309 g/mol. The van der Waals surface area contributed by atoms with Gasteiger partial charge in [0.1, 0.15) is 5.56 Å². The van der Waals surface area contributed by atoms with E-state index >= 15 is 0 Å². The quantitative estimate of drug-likeness (QED) is 0.365. The molecule has 0 fully saturated rings. The highest BCUT2D eigenvalue weighted by Gasteiger charge is 2.25. The minimum absolute atomic E-state index is 0.171. The van der Waals surface area contributed by atoms with Crippen LogP contribution in [0, 0.1) is 19.5 Å². The van der Waals surface area contributed by atoms with Gasteiger partial charge in [-0.2, -0.15) is 4.39 Å². The number of halogens is 2. The van der Waals surface area contributed by atoms with Gasteiger partial charge in [-0.3, -0.25) is 14.9 Å². The molecular weight excluding hydrogens is 304 g/mol. The lowest BCUT2D eigenvalue weighted by Crippen LogP contribution is -2.05. The average Bonchev–Trinajstić information content (AvgIpc) is 2.07. The molecule has 1 aromatic rings. The second kappa shape index (κ2) is 3.99. The van der Waals surface area contributed by atoms with Crippen LogP contribution < -0.4 is 0 Å². The van der Waals surface area contributed by atoms with Crippen LogP contribution >= 0.6 is 22.6 Å². The fraction of sp³-hybridized carbons (Fsp3) is 0.125. The van der Waals surface area contributed by atoms with E-state index in [-0.39, 0.29) is 5.56 Å². The number of carbonyl (C=O) groups excluding carboxylic acids is 1. The van der Waals surface area contributed by atoms with E-state index in [9.17, 15) is 19.3 Å². The molecule has 0 aliphatic carbocycles. The average molecular weight is 309 g/mol. The molecule has 0 atom stereocenters. The molecule has 0 amide bonds. The Morgan fingerprint density at radius 3 is 2.50 bits per heavy atom. The van der Waals surface area contributed by atoms with Gasteiger partial charge in [-0.15, -0.1) is 0 Å². The number of nitro groups is 1. The van der Waals surface area contributed by atoms with Crippen molar-refractivity contribution >= 4 is 34.1 Å². The summed E-state index contributed by atoms with van der Waals surface area (Å²) in [4.78, 5) is 20.7. The summed E-state index contributed by atoms with van der Waals surface area (Å²) < 4.78 is 13.4. The van der Waals surface area contributed by atoms with Crippen LogP contribution in [0.1, 0.15) is 17.3 Å². The first kappa shape index (κ1) is 11.0. The maximum Gasteiger partial charge on any atom is 0.316 e. The zero-order chi connectivity index (χ0) is 10.9. The van der Waals surface area contributed by atoms with Crippen LogP contribution in [0.25, 0.3) is 0 Å². The van der Waals surface area contributed by atoms with Crippen LogP contribution in [0.2, 0.25) is 0 Å². The summed E-state index contributed by atoms with van der Waals surface area (Å²) in [6.45, 7) is 1.17. The highest BCUT2D eigenvalue weighted by molar-refractivity contribution is 14.1. The van der Waals surface area contributed by atoms with Crippen molar-refractivity contribution in [2.45, 2.75) is 6.92 Å². The molecule has 14 heavy (non-hydrogen) atoms. The molecule has 0 radical (unpaired) electrons. The normalized spacial score (nSPS) is 9.93. The smallest absolute Gasteiger partial charge is 0.294 e. The predicted molar refractivity (Wildman–Crippen MR) is 55.8 cm³/mol. The zero-order valence-corrected chi connectivity index (χ0v) is 9.24. The molecule has 6 heteroatoms. The van der Waals surface area contributed by atoms with Crippen molar-refractivity contribution in [1.82, 2.24) is 0 Å². The summed E-state index contributed by atoms with van der Waals surface area (Å²) in [6.07, 6.45) is 0. The first-order valence-corrected chi connectivity index (χ1v) is 4.66. The summed E-state index contributed by atoms with van der Waals surface area (Å²) in [5.41, 5.74) is -0.917. The largest absolute Gasteiger partial charge is 0.316 e. The second-order valence-corrected chi connectivity index (χ2v) is 3.73. The summed E-state index contributed by atoms with van der Waals surface area (Å²) in [5, 5.41) is 10.5. The number of rotatable bonds is 2. The van der Waals surface area contributed by atoms with Gasteiger partial charge in [0.05, 0.1) is 4.92 Å². The third-order valence-corrected chi connectivity index (χ3v) is 2.51. The molecule has 0 N–H and O–H groups in total. The number of nitrogens with zero attached hydrogens (tertiary/aromatic N) is 1. The van der Waals surface area contributed by atoms with Gasteiger partial charge in [-0.05, 0) is 41.6 Å². The van der Waals surface area contributed by atoms with Gasteiger partial charge in [0, 0.05) is 3.57 Å². The Bertz CT molecular complexity index is 380. The molecule has 0 saturated heterocycles. The van der Waals surface area contributed by atoms with Crippen LogP contribution in [0.3, 0.4) is 0 Å². The Hall–Kier alpha value is -1.05. The Morgan fingerprint density at radius 2 is 2.14 bits per heavy atom. The van der Waals surface area contributed by atoms with Crippen molar-refractivity contribution in [2.75, 3.05) is 0 Å². The van der Waals surface area contributed by atoms with Crippen molar-refractivity contribution in [3.63, 3.8) is 0 Å². The molecule has 1 aromatic carbocycles. The maximum atomic E-state index is 13.0. The van der Waals surface area contributed by atoms with Crippen molar-refractivity contribution in [2.24, 2.45) is 0 Å². The number of Topliss-reactive ketones (excluding diaryl/α,β-unsaturated/α-hetero) is 1. The SMILES string of the molecule is CC(=O)c1c(I)ccc(F)c1[N+](=O)[O-]. The molecule has 1 rings (SSSR count). The van der Waals surface area contributed by atoms with Gasteiger partial charge < -0.3 is 0 Å². The Labute approximate surface area is 92.4 Å². The van der Waals surface area contributed by atoms with Gasteiger partial charge in [0.25, 0.3) is 0 Å². The van der Waals surface area contributed by atoms with Gasteiger partial charge in [-0.1, -0.05) is 0 Å². The van der Waals surface area contributed by atoms with Crippen LogP contribution in [-0.4, -0.2) is 10.7 Å². The molecular formula is C8H5FINO3.